The molecule has 4 aliphatic rings. The Morgan fingerprint density at radius 1 is 0.786 bits per heavy atom. The number of rotatable bonds is 10. The second kappa shape index (κ2) is 14.3. The second-order valence-corrected chi connectivity index (χ2v) is 11.1. The van der Waals surface area contributed by atoms with E-state index in [0.717, 1.165) is 0 Å². The van der Waals surface area contributed by atoms with Gasteiger partial charge in [0.15, 0.2) is 12.6 Å². The predicted molar refractivity (Wildman–Crippen MR) is 142 cm³/mol. The Balaban J connectivity index is 1.49. The molecule has 0 bridgehead atoms. The van der Waals surface area contributed by atoms with Crippen LogP contribution in [-0.4, -0.2) is 161 Å². The fourth-order valence-electron chi connectivity index (χ4n) is 5.60. The van der Waals surface area contributed by atoms with Gasteiger partial charge in [-0.25, -0.2) is 0 Å². The first-order valence-electron chi connectivity index (χ1n) is 13.9. The van der Waals surface area contributed by atoms with Gasteiger partial charge in [-0.3, -0.25) is 0 Å². The molecule has 42 heavy (non-hydrogen) atoms. The molecule has 244 valence electrons. The van der Waals surface area contributed by atoms with Crippen LogP contribution in [0.3, 0.4) is 0 Å². The minimum absolute atomic E-state index is 0.141. The first-order valence-corrected chi connectivity index (χ1v) is 13.9. The van der Waals surface area contributed by atoms with Crippen molar-refractivity contribution in [1.29, 1.82) is 0 Å². The van der Waals surface area contributed by atoms with E-state index in [-0.39, 0.29) is 19.5 Å². The molecule has 2 saturated heterocycles. The Morgan fingerprint density at radius 2 is 1.43 bits per heavy atom. The maximum Gasteiger partial charge on any atom is 0.218 e. The number of hydrogen-bond donors (Lipinski definition) is 12. The summed E-state index contributed by atoms with van der Waals surface area (Å²) in [5.41, 5.74) is 30.2. The van der Waals surface area contributed by atoms with Crippen molar-refractivity contribution in [2.75, 3.05) is 26.7 Å². The van der Waals surface area contributed by atoms with Crippen LogP contribution in [0.2, 0.25) is 0 Å². The highest BCUT2D eigenvalue weighted by atomic mass is 16.8. The van der Waals surface area contributed by atoms with Gasteiger partial charge in [-0.2, -0.15) is 0 Å². The molecule has 3 fully saturated rings. The van der Waals surface area contributed by atoms with E-state index in [9.17, 15) is 30.6 Å². The summed E-state index contributed by atoms with van der Waals surface area (Å²) in [6.45, 7) is -0.483. The van der Waals surface area contributed by atoms with Crippen molar-refractivity contribution in [1.82, 2.24) is 5.32 Å². The van der Waals surface area contributed by atoms with E-state index < -0.39 is 111 Å². The molecule has 0 unspecified atom stereocenters. The van der Waals surface area contributed by atoms with E-state index in [1.54, 1.807) is 7.05 Å². The van der Waals surface area contributed by atoms with Crippen LogP contribution in [0.15, 0.2) is 11.8 Å². The summed E-state index contributed by atoms with van der Waals surface area (Å²) in [6, 6.07) is -3.83. The normalized spacial score (nSPS) is 49.9. The van der Waals surface area contributed by atoms with Crippen LogP contribution in [-0.2, 0) is 28.4 Å². The van der Waals surface area contributed by atoms with Gasteiger partial charge in [0.25, 0.3) is 0 Å². The van der Waals surface area contributed by atoms with Crippen LogP contribution in [0, 0.1) is 0 Å². The fourth-order valence-corrected chi connectivity index (χ4v) is 5.60. The van der Waals surface area contributed by atoms with Crippen LogP contribution in [0.4, 0.5) is 0 Å². The maximum atomic E-state index is 11.1. The summed E-state index contributed by atoms with van der Waals surface area (Å²) in [7, 11) is 1.69. The smallest absolute Gasteiger partial charge is 0.218 e. The predicted octanol–water partition coefficient (Wildman–Crippen LogP) is -7.48. The van der Waals surface area contributed by atoms with Crippen molar-refractivity contribution >= 4 is 0 Å². The summed E-state index contributed by atoms with van der Waals surface area (Å²) < 4.78 is 35.0. The molecule has 18 heteroatoms. The van der Waals surface area contributed by atoms with Crippen LogP contribution >= 0.6 is 0 Å². The van der Waals surface area contributed by atoms with E-state index in [1.165, 1.54) is 6.08 Å². The Kier molecular flexibility index (Phi) is 11.5. The lowest BCUT2D eigenvalue weighted by molar-refractivity contribution is -0.282. The third-order valence-electron chi connectivity index (χ3n) is 8.07. The zero-order chi connectivity index (χ0) is 30.9. The molecule has 4 rings (SSSR count). The zero-order valence-corrected chi connectivity index (χ0v) is 23.2. The van der Waals surface area contributed by atoms with E-state index in [2.05, 4.69) is 5.32 Å². The average molecular weight is 611 g/mol. The number of hydrogen-bond acceptors (Lipinski definition) is 18. The van der Waals surface area contributed by atoms with Crippen molar-refractivity contribution in [2.24, 2.45) is 28.7 Å². The molecule has 1 aliphatic carbocycles. The quantitative estimate of drug-likeness (QED) is 0.109. The Labute approximate surface area is 242 Å². The van der Waals surface area contributed by atoms with Crippen LogP contribution in [0.25, 0.3) is 0 Å². The molecule has 0 aromatic carbocycles. The summed E-state index contributed by atoms with van der Waals surface area (Å²) in [4.78, 5) is 0. The standard InChI is InChI=1S/C24H46N6O12/c1-30-5-7-2-10(32)13(28)22(37-7)40-19-9(27)3-8(26)15(33)21(19)42-24-18(36)20(12(6-31)39-24)41-23-14(29)17(35)16(34)11(4-25)38-23/h2,8-24,30-36H,3-6,25-29H2,1H3/t8-,9+,10+,11+,12-,13-,14-,15+,16-,17-,18-,19-,20-,21-,22-,23-,24+/m1/s1. The van der Waals surface area contributed by atoms with Crippen LogP contribution in [0.5, 0.6) is 0 Å². The molecule has 0 spiro atoms. The van der Waals surface area contributed by atoms with Gasteiger partial charge in [-0.1, -0.05) is 0 Å². The monoisotopic (exact) mass is 610 g/mol. The molecule has 1 saturated carbocycles. The van der Waals surface area contributed by atoms with Gasteiger partial charge in [0.05, 0.1) is 37.4 Å². The lowest BCUT2D eigenvalue weighted by Gasteiger charge is -2.45. The molecular weight excluding hydrogens is 564 g/mol. The molecule has 0 aromatic heterocycles. The molecule has 3 heterocycles. The second-order valence-electron chi connectivity index (χ2n) is 11.1. The molecule has 18 nitrogen and oxygen atoms in total. The lowest BCUT2D eigenvalue weighted by Crippen LogP contribution is -2.65. The highest BCUT2D eigenvalue weighted by Gasteiger charge is 2.53. The number of ether oxygens (including phenoxy) is 6. The lowest BCUT2D eigenvalue weighted by atomic mass is 9.84. The number of likely N-dealkylation sites (N-methyl/N-ethyl adjacent to an activating group) is 1. The van der Waals surface area contributed by atoms with Crippen molar-refractivity contribution in [3.05, 3.63) is 11.8 Å². The summed E-state index contributed by atoms with van der Waals surface area (Å²) in [5.74, 6) is 0.383. The highest BCUT2D eigenvalue weighted by molar-refractivity contribution is 5.09. The van der Waals surface area contributed by atoms with E-state index >= 15 is 0 Å². The first kappa shape index (κ1) is 33.7. The van der Waals surface area contributed by atoms with Gasteiger partial charge in [0.1, 0.15) is 54.6 Å². The Morgan fingerprint density at radius 3 is 2.07 bits per heavy atom. The van der Waals surface area contributed by atoms with Gasteiger partial charge >= 0.3 is 0 Å². The van der Waals surface area contributed by atoms with E-state index in [1.807, 2.05) is 0 Å². The fraction of sp³-hybridized carbons (Fsp3) is 0.917. The van der Waals surface area contributed by atoms with Crippen molar-refractivity contribution in [3.63, 3.8) is 0 Å². The molecule has 0 radical (unpaired) electrons. The van der Waals surface area contributed by atoms with Gasteiger partial charge in [0, 0.05) is 18.6 Å². The first-order chi connectivity index (χ1) is 19.9. The van der Waals surface area contributed by atoms with Gasteiger partial charge < -0.3 is 93.0 Å². The highest BCUT2D eigenvalue weighted by Crippen LogP contribution is 2.34. The van der Waals surface area contributed by atoms with Gasteiger partial charge in [-0.05, 0) is 19.5 Å². The minimum Gasteiger partial charge on any atom is -0.466 e. The van der Waals surface area contributed by atoms with Crippen LogP contribution < -0.4 is 34.0 Å². The van der Waals surface area contributed by atoms with Crippen LogP contribution in [0.1, 0.15) is 6.42 Å². The third-order valence-corrected chi connectivity index (χ3v) is 8.07. The van der Waals surface area contributed by atoms with Crippen molar-refractivity contribution in [3.8, 4) is 0 Å². The van der Waals surface area contributed by atoms with Crippen molar-refractivity contribution in [2.45, 2.75) is 110 Å². The summed E-state index contributed by atoms with van der Waals surface area (Å²) >= 11 is 0. The Bertz CT molecular complexity index is 908. The average Bonchev–Trinajstić information content (AvgIpc) is 3.25. The maximum absolute atomic E-state index is 11.1. The summed E-state index contributed by atoms with van der Waals surface area (Å²) in [5, 5.41) is 65.8. The number of aliphatic hydroxyl groups is 6. The Hall–Kier alpha value is -1.14. The molecular formula is C24H46N6O12. The van der Waals surface area contributed by atoms with Gasteiger partial charge in [0.2, 0.25) is 6.29 Å². The molecule has 0 aromatic rings. The minimum atomic E-state index is -1.57. The molecule has 0 amide bonds. The van der Waals surface area contributed by atoms with E-state index in [4.69, 9.17) is 57.1 Å². The number of nitrogens with one attached hydrogen (secondary N) is 1. The SMILES string of the molecule is CNCC1=C[C@H](O)[C@@H](N)[C@@H](O[C@H]2[C@H](O[C@@H]3O[C@H](CO)[C@@H](O[C@H]4O[C@@H](CN)[C@@H](O)[C@H](O)[C@H]4N)[C@H]3O)[C@@H](O)[C@H](N)C[C@@H]2N)O1. The van der Waals surface area contributed by atoms with Gasteiger partial charge in [-0.15, -0.1) is 0 Å². The summed E-state index contributed by atoms with van der Waals surface area (Å²) in [6.07, 6.45) is -15.0. The van der Waals surface area contributed by atoms with E-state index in [0.29, 0.717) is 5.76 Å². The largest absolute Gasteiger partial charge is 0.466 e. The number of nitrogens with two attached hydrogens (primary N) is 5. The molecule has 17 atom stereocenters. The zero-order valence-electron chi connectivity index (χ0n) is 23.2. The third kappa shape index (κ3) is 6.90. The molecule has 3 aliphatic heterocycles. The molecule has 17 N–H and O–H groups in total. The topological polar surface area (TPSA) is 319 Å². The van der Waals surface area contributed by atoms with Crippen molar-refractivity contribution < 1.29 is 59.1 Å². The number of aliphatic hydroxyl groups excluding tert-OH is 6.